The van der Waals surface area contributed by atoms with Crippen molar-refractivity contribution in [1.29, 1.82) is 0 Å². The smallest absolute Gasteiger partial charge is 0.340 e. The molecular formula is C15H12Cl2N2O4. The highest BCUT2D eigenvalue weighted by Gasteiger charge is 2.17. The lowest BCUT2D eigenvalue weighted by Crippen LogP contribution is -2.35. The molecule has 0 atom stereocenters. The predicted octanol–water partition coefficient (Wildman–Crippen LogP) is 2.45. The second kappa shape index (κ2) is 7.30. The van der Waals surface area contributed by atoms with Crippen molar-refractivity contribution in [1.82, 2.24) is 9.88 Å². The van der Waals surface area contributed by atoms with Crippen molar-refractivity contribution in [2.75, 3.05) is 6.61 Å². The van der Waals surface area contributed by atoms with Gasteiger partial charge in [0.25, 0.3) is 11.8 Å². The standard InChI is InChI=1S/C15H12Cl2N2O4/c1-19-6-2-3-12(19)14(21)18-13(20)8-23-15(22)10-7-9(16)4-5-11(10)17/h2-7H,8H2,1H3,(H,18,20,21). The second-order valence-electron chi connectivity index (χ2n) is 4.58. The summed E-state index contributed by atoms with van der Waals surface area (Å²) in [7, 11) is 1.67. The van der Waals surface area contributed by atoms with Crippen LogP contribution in [0.3, 0.4) is 0 Å². The highest BCUT2D eigenvalue weighted by Crippen LogP contribution is 2.21. The van der Waals surface area contributed by atoms with Gasteiger partial charge in [0.1, 0.15) is 5.69 Å². The van der Waals surface area contributed by atoms with Gasteiger partial charge in [-0.25, -0.2) is 4.79 Å². The number of hydrogen-bond acceptors (Lipinski definition) is 4. The van der Waals surface area contributed by atoms with E-state index in [1.807, 2.05) is 0 Å². The third-order valence-corrected chi connectivity index (χ3v) is 3.48. The minimum absolute atomic E-state index is 0.0423. The molecule has 0 aliphatic rings. The first-order chi connectivity index (χ1) is 10.9. The summed E-state index contributed by atoms with van der Waals surface area (Å²) in [4.78, 5) is 35.3. The van der Waals surface area contributed by atoms with Crippen molar-refractivity contribution in [2.24, 2.45) is 7.05 Å². The third-order valence-electron chi connectivity index (χ3n) is 2.91. The molecule has 2 rings (SSSR count). The molecule has 6 nitrogen and oxygen atoms in total. The molecule has 2 aromatic rings. The molecule has 0 unspecified atom stereocenters. The molecule has 0 fully saturated rings. The number of amides is 2. The van der Waals surface area contributed by atoms with Crippen LogP contribution in [-0.4, -0.2) is 29.0 Å². The lowest BCUT2D eigenvalue weighted by Gasteiger charge is -2.07. The van der Waals surface area contributed by atoms with E-state index in [1.54, 1.807) is 29.9 Å². The van der Waals surface area contributed by atoms with Crippen molar-refractivity contribution in [3.8, 4) is 0 Å². The van der Waals surface area contributed by atoms with Crippen LogP contribution >= 0.6 is 23.2 Å². The number of aromatic nitrogens is 1. The number of nitrogens with zero attached hydrogens (tertiary/aromatic N) is 1. The van der Waals surface area contributed by atoms with Crippen LogP contribution in [0.1, 0.15) is 20.8 Å². The van der Waals surface area contributed by atoms with Gasteiger partial charge in [0.2, 0.25) is 0 Å². The molecule has 0 bridgehead atoms. The maximum Gasteiger partial charge on any atom is 0.340 e. The van der Waals surface area contributed by atoms with Gasteiger partial charge in [-0.2, -0.15) is 0 Å². The van der Waals surface area contributed by atoms with Gasteiger partial charge in [-0.3, -0.25) is 14.9 Å². The number of nitrogens with one attached hydrogen (secondary N) is 1. The van der Waals surface area contributed by atoms with E-state index in [1.165, 1.54) is 18.2 Å². The van der Waals surface area contributed by atoms with Crippen molar-refractivity contribution < 1.29 is 19.1 Å². The van der Waals surface area contributed by atoms with Crippen LogP contribution in [0, 0.1) is 0 Å². The zero-order chi connectivity index (χ0) is 17.0. The molecular weight excluding hydrogens is 343 g/mol. The first-order valence-electron chi connectivity index (χ1n) is 6.46. The van der Waals surface area contributed by atoms with Crippen LogP contribution in [0.5, 0.6) is 0 Å². The maximum atomic E-state index is 11.9. The third kappa shape index (κ3) is 4.34. The number of carbonyl (C=O) groups excluding carboxylic acids is 3. The van der Waals surface area contributed by atoms with Gasteiger partial charge in [0.15, 0.2) is 6.61 Å². The Morgan fingerprint density at radius 2 is 1.96 bits per heavy atom. The molecule has 2 amide bonds. The van der Waals surface area contributed by atoms with E-state index in [0.29, 0.717) is 10.7 Å². The van der Waals surface area contributed by atoms with Gasteiger partial charge in [-0.05, 0) is 30.3 Å². The Kier molecular flexibility index (Phi) is 5.41. The Morgan fingerprint density at radius 1 is 1.22 bits per heavy atom. The molecule has 0 saturated carbocycles. The lowest BCUT2D eigenvalue weighted by atomic mass is 10.2. The Morgan fingerprint density at radius 3 is 2.61 bits per heavy atom. The van der Waals surface area contributed by atoms with Crippen LogP contribution in [0.2, 0.25) is 10.0 Å². The lowest BCUT2D eigenvalue weighted by molar-refractivity contribution is -0.123. The van der Waals surface area contributed by atoms with E-state index in [4.69, 9.17) is 27.9 Å². The molecule has 1 aromatic heterocycles. The Bertz CT molecular complexity index is 771. The number of hydrogen-bond donors (Lipinski definition) is 1. The molecule has 0 aliphatic heterocycles. The molecule has 1 N–H and O–H groups in total. The summed E-state index contributed by atoms with van der Waals surface area (Å²) < 4.78 is 6.38. The first kappa shape index (κ1) is 17.1. The zero-order valence-corrected chi connectivity index (χ0v) is 13.5. The number of rotatable bonds is 4. The zero-order valence-electron chi connectivity index (χ0n) is 12.0. The van der Waals surface area contributed by atoms with Gasteiger partial charge in [0, 0.05) is 18.3 Å². The maximum absolute atomic E-state index is 11.9. The van der Waals surface area contributed by atoms with Crippen LogP contribution < -0.4 is 5.32 Å². The average molecular weight is 355 g/mol. The fourth-order valence-electron chi connectivity index (χ4n) is 1.79. The van der Waals surface area contributed by atoms with Crippen molar-refractivity contribution in [2.45, 2.75) is 0 Å². The van der Waals surface area contributed by atoms with E-state index in [-0.39, 0.29) is 10.6 Å². The fraction of sp³-hybridized carbons (Fsp3) is 0.133. The number of imide groups is 1. The topological polar surface area (TPSA) is 77.4 Å². The number of ether oxygens (including phenoxy) is 1. The number of benzene rings is 1. The van der Waals surface area contributed by atoms with E-state index in [2.05, 4.69) is 5.32 Å². The van der Waals surface area contributed by atoms with E-state index < -0.39 is 24.4 Å². The van der Waals surface area contributed by atoms with Gasteiger partial charge in [-0.1, -0.05) is 23.2 Å². The van der Waals surface area contributed by atoms with E-state index >= 15 is 0 Å². The summed E-state index contributed by atoms with van der Waals surface area (Å²) in [6.07, 6.45) is 1.67. The SMILES string of the molecule is Cn1cccc1C(=O)NC(=O)COC(=O)c1cc(Cl)ccc1Cl. The van der Waals surface area contributed by atoms with Crippen molar-refractivity contribution >= 4 is 41.0 Å². The van der Waals surface area contributed by atoms with E-state index in [0.717, 1.165) is 0 Å². The van der Waals surface area contributed by atoms with Crippen molar-refractivity contribution in [3.05, 3.63) is 57.8 Å². The molecule has 23 heavy (non-hydrogen) atoms. The first-order valence-corrected chi connectivity index (χ1v) is 7.22. The minimum Gasteiger partial charge on any atom is -0.452 e. The number of esters is 1. The van der Waals surface area contributed by atoms with Crippen LogP contribution in [0.15, 0.2) is 36.5 Å². The summed E-state index contributed by atoms with van der Waals surface area (Å²) in [5.74, 6) is -2.14. The predicted molar refractivity (Wildman–Crippen MR) is 84.6 cm³/mol. The molecule has 0 saturated heterocycles. The fourth-order valence-corrected chi connectivity index (χ4v) is 2.15. The monoisotopic (exact) mass is 354 g/mol. The number of aryl methyl sites for hydroxylation is 1. The molecule has 0 radical (unpaired) electrons. The van der Waals surface area contributed by atoms with Gasteiger partial charge < -0.3 is 9.30 Å². The van der Waals surface area contributed by atoms with E-state index in [9.17, 15) is 14.4 Å². The minimum atomic E-state index is -0.807. The second-order valence-corrected chi connectivity index (χ2v) is 5.43. The summed E-state index contributed by atoms with van der Waals surface area (Å²) in [6.45, 7) is -0.613. The Labute approximate surface area is 141 Å². The van der Waals surface area contributed by atoms with Crippen LogP contribution in [0.25, 0.3) is 0 Å². The Balaban J connectivity index is 1.91. The highest BCUT2D eigenvalue weighted by molar-refractivity contribution is 6.35. The normalized spacial score (nSPS) is 10.2. The average Bonchev–Trinajstić information content (AvgIpc) is 2.93. The van der Waals surface area contributed by atoms with Crippen LogP contribution in [-0.2, 0) is 16.6 Å². The Hall–Kier alpha value is -2.31. The molecule has 1 heterocycles. The summed E-state index contributed by atoms with van der Waals surface area (Å²) >= 11 is 11.6. The van der Waals surface area contributed by atoms with Gasteiger partial charge in [-0.15, -0.1) is 0 Å². The van der Waals surface area contributed by atoms with Gasteiger partial charge >= 0.3 is 5.97 Å². The highest BCUT2D eigenvalue weighted by atomic mass is 35.5. The molecule has 1 aromatic carbocycles. The van der Waals surface area contributed by atoms with Crippen molar-refractivity contribution in [3.63, 3.8) is 0 Å². The van der Waals surface area contributed by atoms with Crippen LogP contribution in [0.4, 0.5) is 0 Å². The molecule has 8 heteroatoms. The molecule has 120 valence electrons. The largest absolute Gasteiger partial charge is 0.452 e. The molecule has 0 spiro atoms. The van der Waals surface area contributed by atoms with Gasteiger partial charge in [0.05, 0.1) is 10.6 Å². The summed E-state index contributed by atoms with van der Waals surface area (Å²) in [5, 5.41) is 2.58. The summed E-state index contributed by atoms with van der Waals surface area (Å²) in [6, 6.07) is 7.52. The molecule has 0 aliphatic carbocycles. The quantitative estimate of drug-likeness (QED) is 0.855. The number of halogens is 2. The summed E-state index contributed by atoms with van der Waals surface area (Å²) in [5.41, 5.74) is 0.350. The number of carbonyl (C=O) groups is 3.